The van der Waals surface area contributed by atoms with Crippen molar-refractivity contribution in [2.24, 2.45) is 23.7 Å². The fourth-order valence-corrected chi connectivity index (χ4v) is 6.90. The number of ether oxygens (including phenoxy) is 3. The Labute approximate surface area is 178 Å². The topological polar surface area (TPSA) is 63.2 Å². The van der Waals surface area contributed by atoms with E-state index >= 15 is 0 Å². The Bertz CT molecular complexity index is 635. The lowest BCUT2D eigenvalue weighted by Gasteiger charge is -2.60. The first kappa shape index (κ1) is 21.9. The maximum absolute atomic E-state index is 12.1. The van der Waals surface area contributed by atoms with Gasteiger partial charge in [-0.15, -0.1) is 11.8 Å². The van der Waals surface area contributed by atoms with E-state index in [2.05, 4.69) is 13.8 Å². The Morgan fingerprint density at radius 1 is 1.14 bits per heavy atom. The van der Waals surface area contributed by atoms with E-state index in [1.807, 2.05) is 27.7 Å². The molecule has 1 saturated carbocycles. The van der Waals surface area contributed by atoms with Gasteiger partial charge in [-0.3, -0.25) is 4.79 Å². The number of esters is 1. The van der Waals surface area contributed by atoms with Gasteiger partial charge in [0.05, 0.1) is 6.42 Å². The molecule has 5 rings (SSSR count). The van der Waals surface area contributed by atoms with Crippen molar-refractivity contribution in [1.82, 2.24) is 0 Å². The van der Waals surface area contributed by atoms with E-state index < -0.39 is 23.3 Å². The number of rotatable bonds is 4. The van der Waals surface area contributed by atoms with Crippen LogP contribution in [0, 0.1) is 23.7 Å². The van der Waals surface area contributed by atoms with Crippen LogP contribution in [-0.4, -0.2) is 40.4 Å². The molecule has 1 spiro atoms. The van der Waals surface area contributed by atoms with Gasteiger partial charge in [-0.05, 0) is 64.7 Å². The van der Waals surface area contributed by atoms with Gasteiger partial charge in [0.25, 0.3) is 0 Å². The zero-order valence-corrected chi connectivity index (χ0v) is 19.4. The zero-order chi connectivity index (χ0) is 21.0. The van der Waals surface area contributed by atoms with Gasteiger partial charge >= 0.3 is 5.97 Å². The van der Waals surface area contributed by atoms with Crippen molar-refractivity contribution >= 4 is 17.7 Å². The number of fused-ring (bicyclic) bond motifs is 2. The summed E-state index contributed by atoms with van der Waals surface area (Å²) in [6, 6.07) is 0. The van der Waals surface area contributed by atoms with Crippen molar-refractivity contribution in [2.45, 2.75) is 102 Å². The van der Waals surface area contributed by atoms with E-state index in [9.17, 15) is 4.79 Å². The minimum Gasteiger partial charge on any atom is -0.460 e. The van der Waals surface area contributed by atoms with Crippen LogP contribution in [0.5, 0.6) is 0 Å². The minimum atomic E-state index is -0.746. The van der Waals surface area contributed by atoms with Crippen LogP contribution >= 0.6 is 11.8 Å². The molecule has 7 heteroatoms. The van der Waals surface area contributed by atoms with Crippen LogP contribution in [0.2, 0.25) is 0 Å². The zero-order valence-electron chi connectivity index (χ0n) is 18.6. The van der Waals surface area contributed by atoms with E-state index in [0.717, 1.165) is 19.3 Å². The summed E-state index contributed by atoms with van der Waals surface area (Å²) in [5, 5.41) is 0. The molecule has 1 unspecified atom stereocenters. The van der Waals surface area contributed by atoms with Gasteiger partial charge < -0.3 is 14.2 Å². The average molecular weight is 429 g/mol. The third-order valence-electron chi connectivity index (χ3n) is 7.11. The largest absolute Gasteiger partial charge is 0.460 e. The summed E-state index contributed by atoms with van der Waals surface area (Å²) < 4.78 is 18.3. The number of hydrogen-bond donors (Lipinski definition) is 0. The molecular formula is C22H36O6S. The van der Waals surface area contributed by atoms with Gasteiger partial charge in [0.1, 0.15) is 11.0 Å². The molecule has 4 saturated heterocycles. The molecule has 166 valence electrons. The van der Waals surface area contributed by atoms with Crippen molar-refractivity contribution in [1.29, 1.82) is 0 Å². The molecule has 0 radical (unpaired) electrons. The number of thioether (sulfide) groups is 1. The third-order valence-corrected chi connectivity index (χ3v) is 8.41. The molecule has 0 aromatic rings. The SMILES string of the molecule is C[C@H]1[C@H](SCCC(=O)OC(C)(C)C)O[C@@H]2OC3(C)CC[C@H]4[C@H](C)CC[C@@H]1[C@@]24OO3. The molecule has 0 N–H and O–H groups in total. The predicted molar refractivity (Wildman–Crippen MR) is 110 cm³/mol. The van der Waals surface area contributed by atoms with E-state index in [1.165, 1.54) is 6.42 Å². The van der Waals surface area contributed by atoms with E-state index in [1.54, 1.807) is 11.8 Å². The highest BCUT2D eigenvalue weighted by molar-refractivity contribution is 7.99. The van der Waals surface area contributed by atoms with Crippen molar-refractivity contribution in [3.8, 4) is 0 Å². The normalized spacial score (nSPS) is 46.7. The number of carbonyl (C=O) groups excluding carboxylic acids is 1. The van der Waals surface area contributed by atoms with Gasteiger partial charge in [-0.25, -0.2) is 9.78 Å². The van der Waals surface area contributed by atoms with E-state index in [0.29, 0.717) is 35.8 Å². The highest BCUT2D eigenvalue weighted by Gasteiger charge is 2.69. The van der Waals surface area contributed by atoms with Gasteiger partial charge in [0, 0.05) is 18.1 Å². The maximum Gasteiger partial charge on any atom is 0.307 e. The number of carbonyl (C=O) groups is 1. The van der Waals surface area contributed by atoms with Crippen LogP contribution in [0.15, 0.2) is 0 Å². The Balaban J connectivity index is 1.47. The lowest BCUT2D eigenvalue weighted by molar-refractivity contribution is -0.568. The monoisotopic (exact) mass is 428 g/mol. The number of hydrogen-bond acceptors (Lipinski definition) is 7. The molecule has 29 heavy (non-hydrogen) atoms. The summed E-state index contributed by atoms with van der Waals surface area (Å²) in [5.74, 6) is 1.32. The molecule has 0 aromatic carbocycles. The molecule has 4 aliphatic heterocycles. The van der Waals surface area contributed by atoms with Crippen LogP contribution < -0.4 is 0 Å². The molecule has 2 bridgehead atoms. The second-order valence-electron chi connectivity index (χ2n) is 10.5. The Morgan fingerprint density at radius 3 is 2.62 bits per heavy atom. The quantitative estimate of drug-likeness (QED) is 0.477. The molecular weight excluding hydrogens is 392 g/mol. The minimum absolute atomic E-state index is 0.0290. The first-order valence-corrected chi connectivity index (χ1v) is 12.1. The molecule has 4 heterocycles. The maximum atomic E-state index is 12.1. The molecule has 1 aliphatic carbocycles. The summed E-state index contributed by atoms with van der Waals surface area (Å²) in [4.78, 5) is 24.1. The second-order valence-corrected chi connectivity index (χ2v) is 11.7. The smallest absolute Gasteiger partial charge is 0.307 e. The van der Waals surface area contributed by atoms with Gasteiger partial charge in [0.2, 0.25) is 5.79 Å². The fourth-order valence-electron chi connectivity index (χ4n) is 5.71. The summed E-state index contributed by atoms with van der Waals surface area (Å²) in [6.07, 6.45) is 4.11. The highest BCUT2D eigenvalue weighted by atomic mass is 32.2. The van der Waals surface area contributed by atoms with Gasteiger partial charge in [0.15, 0.2) is 11.9 Å². The van der Waals surface area contributed by atoms with Gasteiger partial charge in [-0.1, -0.05) is 13.8 Å². The van der Waals surface area contributed by atoms with Gasteiger partial charge in [-0.2, -0.15) is 0 Å². The van der Waals surface area contributed by atoms with Crippen molar-refractivity contribution < 1.29 is 28.8 Å². The first-order chi connectivity index (χ1) is 13.5. The van der Waals surface area contributed by atoms with Crippen LogP contribution in [0.3, 0.4) is 0 Å². The molecule has 5 fully saturated rings. The third kappa shape index (κ3) is 3.98. The highest BCUT2D eigenvalue weighted by Crippen LogP contribution is 2.61. The van der Waals surface area contributed by atoms with Crippen molar-refractivity contribution in [3.05, 3.63) is 0 Å². The fraction of sp³-hybridized carbons (Fsp3) is 0.955. The van der Waals surface area contributed by atoms with Crippen LogP contribution in [0.1, 0.15) is 73.6 Å². The first-order valence-electron chi connectivity index (χ1n) is 11.1. The summed E-state index contributed by atoms with van der Waals surface area (Å²) in [7, 11) is 0. The standard InChI is InChI=1S/C22H36O6S/c1-13-7-8-16-14(2)18(29-12-10-17(23)25-20(3,4)5)24-19-22(16)15(13)9-11-21(6,26-19)27-28-22/h13-16,18-19H,7-12H2,1-6H3/t13-,14-,15+,16+,18+,19-,21?,22-/m1/s1. The lowest BCUT2D eigenvalue weighted by Crippen LogP contribution is -2.70. The summed E-state index contributed by atoms with van der Waals surface area (Å²) >= 11 is 1.69. The Hall–Kier alpha value is -0.340. The molecule has 0 aromatic heterocycles. The molecule has 8 atom stereocenters. The Kier molecular flexibility index (Phi) is 5.78. The lowest BCUT2D eigenvalue weighted by atomic mass is 9.58. The van der Waals surface area contributed by atoms with Crippen molar-refractivity contribution in [2.75, 3.05) is 5.75 Å². The Morgan fingerprint density at radius 2 is 1.90 bits per heavy atom. The van der Waals surface area contributed by atoms with E-state index in [4.69, 9.17) is 24.0 Å². The second kappa shape index (κ2) is 7.66. The summed E-state index contributed by atoms with van der Waals surface area (Å²) in [6.45, 7) is 12.2. The molecule has 6 nitrogen and oxygen atoms in total. The van der Waals surface area contributed by atoms with Crippen LogP contribution in [0.4, 0.5) is 0 Å². The summed E-state index contributed by atoms with van der Waals surface area (Å²) in [5.41, 5.74) is -0.995. The average Bonchev–Trinajstić information content (AvgIpc) is 2.84. The van der Waals surface area contributed by atoms with E-state index in [-0.39, 0.29) is 11.4 Å². The van der Waals surface area contributed by atoms with Crippen LogP contribution in [-0.2, 0) is 28.8 Å². The van der Waals surface area contributed by atoms with Crippen molar-refractivity contribution in [3.63, 3.8) is 0 Å². The van der Waals surface area contributed by atoms with Crippen LogP contribution in [0.25, 0.3) is 0 Å². The molecule has 5 aliphatic rings. The predicted octanol–water partition coefficient (Wildman–Crippen LogP) is 4.66. The molecule has 0 amide bonds.